The molecular formula is C17H21FN4O2. The Hall–Kier alpha value is -2.57. The van der Waals surface area contributed by atoms with Crippen molar-refractivity contribution >= 4 is 11.6 Å². The zero-order valence-corrected chi connectivity index (χ0v) is 13.8. The van der Waals surface area contributed by atoms with Crippen LogP contribution in [0.5, 0.6) is 11.5 Å². The molecule has 0 radical (unpaired) electrons. The van der Waals surface area contributed by atoms with Crippen molar-refractivity contribution in [3.8, 4) is 11.5 Å². The predicted molar refractivity (Wildman–Crippen MR) is 90.4 cm³/mol. The van der Waals surface area contributed by atoms with Crippen LogP contribution >= 0.6 is 0 Å². The zero-order valence-electron chi connectivity index (χ0n) is 13.8. The highest BCUT2D eigenvalue weighted by atomic mass is 19.1. The lowest BCUT2D eigenvalue weighted by Crippen LogP contribution is -2.40. The first kappa shape index (κ1) is 16.3. The Labute approximate surface area is 140 Å². The fourth-order valence-corrected chi connectivity index (χ4v) is 2.82. The molecule has 2 aromatic rings. The van der Waals surface area contributed by atoms with Crippen molar-refractivity contribution in [3.05, 3.63) is 36.4 Å². The van der Waals surface area contributed by atoms with Crippen LogP contribution in [-0.2, 0) is 0 Å². The average Bonchev–Trinajstić information content (AvgIpc) is 2.62. The van der Waals surface area contributed by atoms with Crippen LogP contribution < -0.4 is 19.7 Å². The monoisotopic (exact) mass is 332 g/mol. The van der Waals surface area contributed by atoms with Gasteiger partial charge in [-0.15, -0.1) is 0 Å². The number of benzene rings is 1. The van der Waals surface area contributed by atoms with E-state index in [4.69, 9.17) is 9.47 Å². The fourth-order valence-electron chi connectivity index (χ4n) is 2.82. The molecule has 0 bridgehead atoms. The highest BCUT2D eigenvalue weighted by molar-refractivity contribution is 5.54. The molecule has 128 valence electrons. The van der Waals surface area contributed by atoms with Crippen LogP contribution in [-0.4, -0.2) is 43.3 Å². The summed E-state index contributed by atoms with van der Waals surface area (Å²) in [5, 5.41) is 3.52. The van der Waals surface area contributed by atoms with E-state index < -0.39 is 5.82 Å². The molecule has 1 aromatic heterocycles. The van der Waals surface area contributed by atoms with Gasteiger partial charge in [0.1, 0.15) is 11.5 Å². The normalized spacial score (nSPS) is 15.2. The summed E-state index contributed by atoms with van der Waals surface area (Å²) in [4.78, 5) is 10.2. The summed E-state index contributed by atoms with van der Waals surface area (Å²) in [6.45, 7) is 1.65. The maximum Gasteiger partial charge on any atom is 0.225 e. The van der Waals surface area contributed by atoms with Crippen molar-refractivity contribution in [2.75, 3.05) is 37.5 Å². The largest absolute Gasteiger partial charge is 0.497 e. The molecule has 0 unspecified atom stereocenters. The summed E-state index contributed by atoms with van der Waals surface area (Å²) < 4.78 is 23.5. The Bertz CT molecular complexity index is 651. The van der Waals surface area contributed by atoms with Crippen LogP contribution in [0.25, 0.3) is 0 Å². The molecular weight excluding hydrogens is 311 g/mol. The zero-order chi connectivity index (χ0) is 16.9. The van der Waals surface area contributed by atoms with E-state index in [0.29, 0.717) is 12.0 Å². The molecule has 1 saturated heterocycles. The minimum Gasteiger partial charge on any atom is -0.497 e. The van der Waals surface area contributed by atoms with E-state index in [2.05, 4.69) is 20.2 Å². The van der Waals surface area contributed by atoms with Crippen molar-refractivity contribution in [1.29, 1.82) is 0 Å². The summed E-state index contributed by atoms with van der Waals surface area (Å²) in [6.07, 6.45) is 4.30. The second kappa shape index (κ2) is 7.33. The average molecular weight is 332 g/mol. The predicted octanol–water partition coefficient (Wildman–Crippen LogP) is 2.71. The molecule has 1 N–H and O–H groups in total. The molecule has 0 amide bonds. The van der Waals surface area contributed by atoms with Gasteiger partial charge in [0.15, 0.2) is 5.82 Å². The summed E-state index contributed by atoms with van der Waals surface area (Å²) >= 11 is 0. The minimum atomic E-state index is -0.415. The van der Waals surface area contributed by atoms with Gasteiger partial charge in [0.2, 0.25) is 5.95 Å². The van der Waals surface area contributed by atoms with Gasteiger partial charge in [0.25, 0.3) is 0 Å². The second-order valence-corrected chi connectivity index (χ2v) is 5.71. The molecule has 0 saturated carbocycles. The van der Waals surface area contributed by atoms with Crippen molar-refractivity contribution in [3.63, 3.8) is 0 Å². The highest BCUT2D eigenvalue weighted by Gasteiger charge is 2.21. The first-order chi connectivity index (χ1) is 11.7. The smallest absolute Gasteiger partial charge is 0.225 e. The van der Waals surface area contributed by atoms with Gasteiger partial charge in [-0.05, 0) is 12.8 Å². The number of aromatic nitrogens is 2. The maximum atomic E-state index is 12.9. The fraction of sp³-hybridized carbons (Fsp3) is 0.412. The number of piperidine rings is 1. The molecule has 2 heterocycles. The summed E-state index contributed by atoms with van der Waals surface area (Å²) in [7, 11) is 3.28. The lowest BCUT2D eigenvalue weighted by atomic mass is 10.0. The van der Waals surface area contributed by atoms with E-state index in [1.54, 1.807) is 14.2 Å². The second-order valence-electron chi connectivity index (χ2n) is 5.71. The summed E-state index contributed by atoms with van der Waals surface area (Å²) in [5.74, 6) is 1.68. The number of anilines is 2. The third kappa shape index (κ3) is 3.84. The lowest BCUT2D eigenvalue weighted by Gasteiger charge is -2.32. The quantitative estimate of drug-likeness (QED) is 0.908. The van der Waals surface area contributed by atoms with E-state index in [1.807, 2.05) is 18.2 Å². The molecule has 1 aliphatic heterocycles. The lowest BCUT2D eigenvalue weighted by molar-refractivity contribution is 0.394. The molecule has 0 aliphatic carbocycles. The molecule has 24 heavy (non-hydrogen) atoms. The number of hydrogen-bond acceptors (Lipinski definition) is 6. The Morgan fingerprint density at radius 2 is 1.62 bits per heavy atom. The van der Waals surface area contributed by atoms with E-state index in [9.17, 15) is 4.39 Å². The first-order valence-electron chi connectivity index (χ1n) is 7.90. The standard InChI is InChI=1S/C17H21FN4O2/c1-23-15-7-14(8-16(9-15)24-2)21-13-3-5-22(6-4-13)17-19-10-12(18)11-20-17/h7-11,13,21H,3-6H2,1-2H3. The summed E-state index contributed by atoms with van der Waals surface area (Å²) in [5.41, 5.74) is 0.975. The number of halogens is 1. The minimum absolute atomic E-state index is 0.346. The number of ether oxygens (including phenoxy) is 2. The molecule has 6 nitrogen and oxygen atoms in total. The maximum absolute atomic E-state index is 12.9. The van der Waals surface area contributed by atoms with Gasteiger partial charge in [-0.25, -0.2) is 14.4 Å². The van der Waals surface area contributed by atoms with Gasteiger partial charge in [0.05, 0.1) is 26.6 Å². The van der Waals surface area contributed by atoms with Gasteiger partial charge in [0, 0.05) is 43.0 Å². The van der Waals surface area contributed by atoms with Crippen LogP contribution in [0.2, 0.25) is 0 Å². The van der Waals surface area contributed by atoms with Crippen molar-refractivity contribution in [2.24, 2.45) is 0 Å². The van der Waals surface area contributed by atoms with E-state index in [1.165, 1.54) is 12.4 Å². The molecule has 1 aromatic carbocycles. The number of nitrogens with one attached hydrogen (secondary N) is 1. The van der Waals surface area contributed by atoms with Crippen LogP contribution in [0.15, 0.2) is 30.6 Å². The Morgan fingerprint density at radius 1 is 1.04 bits per heavy atom. The SMILES string of the molecule is COc1cc(NC2CCN(c3ncc(F)cn3)CC2)cc(OC)c1. The van der Waals surface area contributed by atoms with Crippen LogP contribution in [0, 0.1) is 5.82 Å². The molecule has 3 rings (SSSR count). The number of nitrogens with zero attached hydrogens (tertiary/aromatic N) is 3. The Morgan fingerprint density at radius 3 is 2.17 bits per heavy atom. The first-order valence-corrected chi connectivity index (χ1v) is 7.90. The third-order valence-electron chi connectivity index (χ3n) is 4.11. The van der Waals surface area contributed by atoms with E-state index >= 15 is 0 Å². The Balaban J connectivity index is 1.60. The summed E-state index contributed by atoms with van der Waals surface area (Å²) in [6, 6.07) is 6.11. The van der Waals surface area contributed by atoms with E-state index in [-0.39, 0.29) is 0 Å². The Kier molecular flexibility index (Phi) is 4.98. The number of methoxy groups -OCH3 is 2. The molecule has 0 atom stereocenters. The van der Waals surface area contributed by atoms with Gasteiger partial charge in [-0.2, -0.15) is 0 Å². The van der Waals surface area contributed by atoms with Gasteiger partial charge >= 0.3 is 0 Å². The molecule has 7 heteroatoms. The van der Waals surface area contributed by atoms with Crippen molar-refractivity contribution < 1.29 is 13.9 Å². The molecule has 0 spiro atoms. The topological polar surface area (TPSA) is 59.5 Å². The van der Waals surface area contributed by atoms with Gasteiger partial charge in [-0.1, -0.05) is 0 Å². The van der Waals surface area contributed by atoms with Crippen molar-refractivity contribution in [1.82, 2.24) is 9.97 Å². The number of hydrogen-bond donors (Lipinski definition) is 1. The van der Waals surface area contributed by atoms with Gasteiger partial charge < -0.3 is 19.7 Å². The highest BCUT2D eigenvalue weighted by Crippen LogP contribution is 2.27. The number of rotatable bonds is 5. The van der Waals surface area contributed by atoms with Crippen LogP contribution in [0.1, 0.15) is 12.8 Å². The molecule has 1 fully saturated rings. The van der Waals surface area contributed by atoms with Crippen LogP contribution in [0.4, 0.5) is 16.0 Å². The molecule has 1 aliphatic rings. The van der Waals surface area contributed by atoms with Crippen LogP contribution in [0.3, 0.4) is 0 Å². The van der Waals surface area contributed by atoms with E-state index in [0.717, 1.165) is 43.1 Å². The van der Waals surface area contributed by atoms with Gasteiger partial charge in [-0.3, -0.25) is 0 Å². The third-order valence-corrected chi connectivity index (χ3v) is 4.11. The van der Waals surface area contributed by atoms with Crippen molar-refractivity contribution in [2.45, 2.75) is 18.9 Å².